The number of hydrogen-bond donors (Lipinski definition) is 0. The van der Waals surface area contributed by atoms with Gasteiger partial charge in [-0.2, -0.15) is 0 Å². The molecule has 0 spiro atoms. The molecule has 0 N–H and O–H groups in total. The van der Waals surface area contributed by atoms with Crippen molar-refractivity contribution in [2.45, 2.75) is 24.7 Å². The first-order chi connectivity index (χ1) is 7.65. The molecule has 0 amide bonds. The van der Waals surface area contributed by atoms with Gasteiger partial charge in [0.05, 0.1) is 10.8 Å². The average molecular weight is 237 g/mol. The minimum absolute atomic E-state index is 0.273. The van der Waals surface area contributed by atoms with Gasteiger partial charge in [0, 0.05) is 22.1 Å². The molecule has 1 aromatic carbocycles. The van der Waals surface area contributed by atoms with Crippen molar-refractivity contribution >= 4 is 10.8 Å². The molecular formula is C11H15N3OS. The molecule has 0 fully saturated rings. The Hall–Kier alpha value is -1.32. The van der Waals surface area contributed by atoms with E-state index < -0.39 is 10.8 Å². The van der Waals surface area contributed by atoms with Crippen molar-refractivity contribution in [3.05, 3.63) is 40.3 Å². The van der Waals surface area contributed by atoms with E-state index in [4.69, 9.17) is 5.53 Å². The lowest BCUT2D eigenvalue weighted by Crippen LogP contribution is -2.01. The Bertz CT molecular complexity index is 408. The van der Waals surface area contributed by atoms with Crippen LogP contribution in [0.1, 0.15) is 25.3 Å². The maximum Gasteiger partial charge on any atom is 0.0530 e. The molecule has 0 bridgehead atoms. The normalized spacial score (nSPS) is 12.2. The molecule has 0 aliphatic heterocycles. The zero-order chi connectivity index (χ0) is 12.0. The van der Waals surface area contributed by atoms with Crippen LogP contribution in [0.25, 0.3) is 10.4 Å². The Kier molecular flexibility index (Phi) is 5.02. The first-order valence-electron chi connectivity index (χ1n) is 5.14. The number of azide groups is 1. The van der Waals surface area contributed by atoms with Crippen molar-refractivity contribution in [3.8, 4) is 0 Å². The molecule has 0 radical (unpaired) electrons. The molecule has 5 heteroatoms. The van der Waals surface area contributed by atoms with Crippen LogP contribution in [0.15, 0.2) is 34.3 Å². The van der Waals surface area contributed by atoms with Crippen LogP contribution in [-0.4, -0.2) is 16.5 Å². The van der Waals surface area contributed by atoms with E-state index in [2.05, 4.69) is 23.9 Å². The topological polar surface area (TPSA) is 65.8 Å². The molecule has 1 unspecified atom stereocenters. The zero-order valence-corrected chi connectivity index (χ0v) is 10.3. The summed E-state index contributed by atoms with van der Waals surface area (Å²) < 4.78 is 11.7. The van der Waals surface area contributed by atoms with Gasteiger partial charge in [0.15, 0.2) is 0 Å². The molecule has 1 aromatic rings. The van der Waals surface area contributed by atoms with Crippen molar-refractivity contribution in [1.29, 1.82) is 0 Å². The van der Waals surface area contributed by atoms with E-state index >= 15 is 0 Å². The Balaban J connectivity index is 2.66. The van der Waals surface area contributed by atoms with Crippen molar-refractivity contribution in [2.24, 2.45) is 5.11 Å². The number of rotatable bonds is 5. The molecule has 0 saturated heterocycles. The Morgan fingerprint density at radius 3 is 2.50 bits per heavy atom. The monoisotopic (exact) mass is 237 g/mol. The summed E-state index contributed by atoms with van der Waals surface area (Å²) in [5, 5.41) is 3.37. The summed E-state index contributed by atoms with van der Waals surface area (Å²) in [6.45, 7) is 4.51. The smallest absolute Gasteiger partial charge is 0.0530 e. The van der Waals surface area contributed by atoms with Gasteiger partial charge < -0.3 is 0 Å². The molecule has 0 aliphatic rings. The lowest BCUT2D eigenvalue weighted by Gasteiger charge is -2.06. The third-order valence-electron chi connectivity index (χ3n) is 2.25. The van der Waals surface area contributed by atoms with Gasteiger partial charge in [-0.1, -0.05) is 31.1 Å². The minimum atomic E-state index is -1.07. The molecule has 0 aliphatic carbocycles. The predicted octanol–water partition coefficient (Wildman–Crippen LogP) is 3.23. The van der Waals surface area contributed by atoms with E-state index in [0.29, 0.717) is 11.7 Å². The molecule has 1 atom stereocenters. The minimum Gasteiger partial charge on any atom is -0.254 e. The lowest BCUT2D eigenvalue weighted by atomic mass is 10.0. The van der Waals surface area contributed by atoms with Gasteiger partial charge in [-0.25, -0.2) is 0 Å². The highest BCUT2D eigenvalue weighted by atomic mass is 32.2. The molecule has 16 heavy (non-hydrogen) atoms. The fourth-order valence-corrected chi connectivity index (χ4v) is 2.21. The maximum atomic E-state index is 11.7. The van der Waals surface area contributed by atoms with Crippen molar-refractivity contribution < 1.29 is 4.21 Å². The largest absolute Gasteiger partial charge is 0.254 e. The van der Waals surface area contributed by atoms with Crippen LogP contribution in [0.3, 0.4) is 0 Å². The summed E-state index contributed by atoms with van der Waals surface area (Å²) in [5.74, 6) is 0.858. The quantitative estimate of drug-likeness (QED) is 0.440. The van der Waals surface area contributed by atoms with E-state index in [9.17, 15) is 4.21 Å². The fourth-order valence-electron chi connectivity index (χ4n) is 1.29. The van der Waals surface area contributed by atoms with Crippen LogP contribution in [-0.2, 0) is 10.8 Å². The Morgan fingerprint density at radius 1 is 1.38 bits per heavy atom. The van der Waals surface area contributed by atoms with Crippen LogP contribution < -0.4 is 0 Å². The highest BCUT2D eigenvalue weighted by Crippen LogP contribution is 2.16. The first-order valence-corrected chi connectivity index (χ1v) is 6.46. The van der Waals surface area contributed by atoms with Gasteiger partial charge >= 0.3 is 0 Å². The van der Waals surface area contributed by atoms with E-state index in [1.165, 1.54) is 5.56 Å². The lowest BCUT2D eigenvalue weighted by molar-refractivity contribution is 0.682. The summed E-state index contributed by atoms with van der Waals surface area (Å²) in [4.78, 5) is 3.42. The van der Waals surface area contributed by atoms with Crippen LogP contribution >= 0.6 is 0 Å². The zero-order valence-electron chi connectivity index (χ0n) is 9.46. The maximum absolute atomic E-state index is 11.7. The third-order valence-corrected chi connectivity index (χ3v) is 3.60. The van der Waals surface area contributed by atoms with Crippen molar-refractivity contribution in [1.82, 2.24) is 0 Å². The van der Waals surface area contributed by atoms with Gasteiger partial charge in [0.25, 0.3) is 0 Å². The summed E-state index contributed by atoms with van der Waals surface area (Å²) in [6.07, 6.45) is 0. The van der Waals surface area contributed by atoms with Gasteiger partial charge in [-0.15, -0.1) is 0 Å². The second-order valence-electron chi connectivity index (χ2n) is 3.73. The van der Waals surface area contributed by atoms with Crippen molar-refractivity contribution in [2.75, 3.05) is 12.3 Å². The molecular weight excluding hydrogens is 222 g/mol. The second-order valence-corrected chi connectivity index (χ2v) is 5.30. The molecule has 1 rings (SSSR count). The van der Waals surface area contributed by atoms with E-state index in [0.717, 1.165) is 4.90 Å². The standard InChI is InChI=1S/C11H15N3OS/c1-9(2)10-3-5-11(6-4-10)16(15)8-7-13-14-12/h3-6,9H,7-8H2,1-2H3. The number of benzene rings is 1. The Labute approximate surface area is 97.8 Å². The van der Waals surface area contributed by atoms with E-state index in [1.807, 2.05) is 24.3 Å². The molecule has 86 valence electrons. The highest BCUT2D eigenvalue weighted by molar-refractivity contribution is 7.85. The Morgan fingerprint density at radius 2 is 2.00 bits per heavy atom. The fraction of sp³-hybridized carbons (Fsp3) is 0.455. The summed E-state index contributed by atoms with van der Waals surface area (Å²) >= 11 is 0. The number of hydrogen-bond acceptors (Lipinski definition) is 2. The first kappa shape index (κ1) is 12.7. The van der Waals surface area contributed by atoms with Crippen LogP contribution in [0, 0.1) is 0 Å². The second kappa shape index (κ2) is 6.30. The van der Waals surface area contributed by atoms with Crippen LogP contribution in [0.5, 0.6) is 0 Å². The summed E-state index contributed by atoms with van der Waals surface area (Å²) in [5.41, 5.74) is 9.34. The van der Waals surface area contributed by atoms with Gasteiger partial charge in [-0.05, 0) is 29.1 Å². The van der Waals surface area contributed by atoms with E-state index in [-0.39, 0.29) is 6.54 Å². The predicted molar refractivity (Wildman–Crippen MR) is 65.8 cm³/mol. The average Bonchev–Trinajstić information content (AvgIpc) is 2.29. The SMILES string of the molecule is CC(C)c1ccc(S(=O)CCN=[N+]=[N-])cc1. The van der Waals surface area contributed by atoms with E-state index in [1.54, 1.807) is 0 Å². The van der Waals surface area contributed by atoms with Crippen LogP contribution in [0.4, 0.5) is 0 Å². The van der Waals surface area contributed by atoms with Crippen LogP contribution in [0.2, 0.25) is 0 Å². The third kappa shape index (κ3) is 3.68. The highest BCUT2D eigenvalue weighted by Gasteiger charge is 2.04. The van der Waals surface area contributed by atoms with Crippen molar-refractivity contribution in [3.63, 3.8) is 0 Å². The molecule has 4 nitrogen and oxygen atoms in total. The number of nitrogens with zero attached hydrogens (tertiary/aromatic N) is 3. The van der Waals surface area contributed by atoms with Gasteiger partial charge in [-0.3, -0.25) is 4.21 Å². The summed E-state index contributed by atoms with van der Waals surface area (Å²) in [6, 6.07) is 7.74. The van der Waals surface area contributed by atoms with Gasteiger partial charge in [0.1, 0.15) is 0 Å². The molecule has 0 heterocycles. The molecule has 0 aromatic heterocycles. The van der Waals surface area contributed by atoms with Gasteiger partial charge in [0.2, 0.25) is 0 Å². The molecule has 0 saturated carbocycles. The summed E-state index contributed by atoms with van der Waals surface area (Å²) in [7, 11) is -1.07.